The lowest BCUT2D eigenvalue weighted by Crippen LogP contribution is -2.46. The molecule has 31 heavy (non-hydrogen) atoms. The molecule has 0 radical (unpaired) electrons. The second-order valence-corrected chi connectivity index (χ2v) is 7.65. The van der Waals surface area contributed by atoms with E-state index in [1.165, 1.54) is 7.11 Å². The van der Waals surface area contributed by atoms with Crippen molar-refractivity contribution in [2.45, 2.75) is 13.5 Å². The van der Waals surface area contributed by atoms with Gasteiger partial charge in [-0.2, -0.15) is 9.78 Å². The first-order valence-corrected chi connectivity index (χ1v) is 10.2. The van der Waals surface area contributed by atoms with Crippen molar-refractivity contribution in [2.75, 3.05) is 38.2 Å². The molecule has 1 saturated heterocycles. The van der Waals surface area contributed by atoms with Crippen LogP contribution in [-0.2, 0) is 11.3 Å². The summed E-state index contributed by atoms with van der Waals surface area (Å²) >= 11 is 6.45. The zero-order valence-electron chi connectivity index (χ0n) is 17.2. The number of carbonyl (C=O) groups excluding carboxylic acids is 1. The molecule has 0 N–H and O–H groups in total. The summed E-state index contributed by atoms with van der Waals surface area (Å²) in [7, 11) is 1.29. The number of ether oxygens (including phenoxy) is 1. The van der Waals surface area contributed by atoms with E-state index in [1.54, 1.807) is 30.5 Å². The molecule has 0 amide bonds. The van der Waals surface area contributed by atoms with E-state index in [-0.39, 0.29) is 10.6 Å². The number of methoxy groups -OCH3 is 1. The summed E-state index contributed by atoms with van der Waals surface area (Å²) in [4.78, 5) is 29.3. The van der Waals surface area contributed by atoms with Crippen LogP contribution >= 0.6 is 11.6 Å². The third-order valence-electron chi connectivity index (χ3n) is 5.21. The predicted molar refractivity (Wildman–Crippen MR) is 115 cm³/mol. The molecule has 9 nitrogen and oxygen atoms in total. The SMILES string of the molecule is COC(=O)c1ccccc1-n1ncc(N2CCN(Cc3cc(C)no3)CC2)c(Cl)c1=O. The number of piperazine rings is 1. The molecule has 1 aliphatic rings. The highest BCUT2D eigenvalue weighted by Gasteiger charge is 2.23. The largest absolute Gasteiger partial charge is 0.465 e. The Bertz CT molecular complexity index is 1150. The van der Waals surface area contributed by atoms with Crippen LogP contribution in [-0.4, -0.2) is 59.1 Å². The highest BCUT2D eigenvalue weighted by Crippen LogP contribution is 2.24. The van der Waals surface area contributed by atoms with E-state index in [4.69, 9.17) is 20.9 Å². The van der Waals surface area contributed by atoms with Crippen molar-refractivity contribution in [1.82, 2.24) is 19.8 Å². The summed E-state index contributed by atoms with van der Waals surface area (Å²) < 4.78 is 11.2. The highest BCUT2D eigenvalue weighted by molar-refractivity contribution is 6.33. The molecule has 162 valence electrons. The first kappa shape index (κ1) is 21.1. The summed E-state index contributed by atoms with van der Waals surface area (Å²) in [5.41, 5.74) is 1.50. The predicted octanol–water partition coefficient (Wildman–Crippen LogP) is 2.29. The van der Waals surface area contributed by atoms with Gasteiger partial charge in [-0.15, -0.1) is 0 Å². The standard InChI is InChI=1S/C21H22ClN5O4/c1-14-11-15(31-24-14)13-25-7-9-26(10-8-25)18-12-23-27(20(28)19(18)22)17-6-4-3-5-16(17)21(29)30-2/h3-6,11-12H,7-10,13H2,1-2H3. The average Bonchev–Trinajstić information content (AvgIpc) is 3.20. The van der Waals surface area contributed by atoms with E-state index in [0.717, 1.165) is 29.2 Å². The summed E-state index contributed by atoms with van der Waals surface area (Å²) in [5.74, 6) is 0.278. The number of rotatable bonds is 5. The molecule has 3 heterocycles. The number of benzene rings is 1. The molecule has 0 aliphatic carbocycles. The first-order valence-electron chi connectivity index (χ1n) is 9.83. The fourth-order valence-electron chi connectivity index (χ4n) is 3.62. The van der Waals surface area contributed by atoms with Gasteiger partial charge in [-0.25, -0.2) is 4.79 Å². The Morgan fingerprint density at radius 2 is 1.94 bits per heavy atom. The normalized spacial score (nSPS) is 14.6. The number of carbonyl (C=O) groups is 1. The first-order chi connectivity index (χ1) is 15.0. The minimum Gasteiger partial charge on any atom is -0.465 e. The van der Waals surface area contributed by atoms with Crippen LogP contribution < -0.4 is 10.5 Å². The zero-order chi connectivity index (χ0) is 22.0. The molecule has 1 aliphatic heterocycles. The number of hydrogen-bond acceptors (Lipinski definition) is 8. The number of esters is 1. The van der Waals surface area contributed by atoms with E-state index in [1.807, 2.05) is 17.9 Å². The Kier molecular flexibility index (Phi) is 6.06. The van der Waals surface area contributed by atoms with Crippen molar-refractivity contribution >= 4 is 23.3 Å². The van der Waals surface area contributed by atoms with Gasteiger partial charge in [0.25, 0.3) is 5.56 Å². The van der Waals surface area contributed by atoms with E-state index in [9.17, 15) is 9.59 Å². The van der Waals surface area contributed by atoms with E-state index < -0.39 is 11.5 Å². The van der Waals surface area contributed by atoms with Crippen LogP contribution in [0.1, 0.15) is 21.8 Å². The van der Waals surface area contributed by atoms with Gasteiger partial charge in [0.15, 0.2) is 5.76 Å². The van der Waals surface area contributed by atoms with Gasteiger partial charge >= 0.3 is 5.97 Å². The fourth-order valence-corrected chi connectivity index (χ4v) is 3.86. The lowest BCUT2D eigenvalue weighted by Gasteiger charge is -2.35. The lowest BCUT2D eigenvalue weighted by atomic mass is 10.2. The molecule has 1 fully saturated rings. The number of para-hydroxylation sites is 1. The Morgan fingerprint density at radius 1 is 1.19 bits per heavy atom. The molecule has 0 bridgehead atoms. The number of anilines is 1. The van der Waals surface area contributed by atoms with E-state index >= 15 is 0 Å². The van der Waals surface area contributed by atoms with Crippen LogP contribution in [0, 0.1) is 6.92 Å². The van der Waals surface area contributed by atoms with Crippen molar-refractivity contribution in [2.24, 2.45) is 0 Å². The number of aromatic nitrogens is 3. The van der Waals surface area contributed by atoms with Crippen molar-refractivity contribution in [3.05, 3.63) is 68.9 Å². The summed E-state index contributed by atoms with van der Waals surface area (Å²) in [6, 6.07) is 8.54. The molecule has 0 saturated carbocycles. The summed E-state index contributed by atoms with van der Waals surface area (Å²) in [6.45, 7) is 5.53. The van der Waals surface area contributed by atoms with E-state index in [0.29, 0.717) is 31.0 Å². The van der Waals surface area contributed by atoms with Gasteiger partial charge in [0.1, 0.15) is 5.02 Å². The van der Waals surface area contributed by atoms with Gasteiger partial charge in [-0.1, -0.05) is 28.9 Å². The number of halogens is 1. The van der Waals surface area contributed by atoms with Crippen LogP contribution in [0.15, 0.2) is 45.8 Å². The maximum absolute atomic E-state index is 13.0. The molecule has 4 rings (SSSR count). The van der Waals surface area contributed by atoms with Gasteiger partial charge in [0.2, 0.25) is 0 Å². The summed E-state index contributed by atoms with van der Waals surface area (Å²) in [5, 5.41) is 8.27. The second kappa shape index (κ2) is 8.91. The van der Waals surface area contributed by atoms with Crippen LogP contribution in [0.2, 0.25) is 5.02 Å². The zero-order valence-corrected chi connectivity index (χ0v) is 18.0. The molecular weight excluding hydrogens is 422 g/mol. The third-order valence-corrected chi connectivity index (χ3v) is 5.56. The Labute approximate surface area is 183 Å². The minimum atomic E-state index is -0.553. The van der Waals surface area contributed by atoms with Crippen molar-refractivity contribution in [3.63, 3.8) is 0 Å². The Morgan fingerprint density at radius 3 is 2.61 bits per heavy atom. The maximum Gasteiger partial charge on any atom is 0.340 e. The van der Waals surface area contributed by atoms with E-state index in [2.05, 4.69) is 15.2 Å². The average molecular weight is 444 g/mol. The molecule has 1 aromatic carbocycles. The van der Waals surface area contributed by atoms with Gasteiger partial charge in [0, 0.05) is 32.2 Å². The smallest absolute Gasteiger partial charge is 0.340 e. The fraction of sp³-hybridized carbons (Fsp3) is 0.333. The van der Waals surface area contributed by atoms with Crippen LogP contribution in [0.4, 0.5) is 5.69 Å². The van der Waals surface area contributed by atoms with Gasteiger partial charge in [-0.05, 0) is 19.1 Å². The minimum absolute atomic E-state index is 0.0639. The van der Waals surface area contributed by atoms with Crippen LogP contribution in [0.25, 0.3) is 5.69 Å². The molecule has 3 aromatic rings. The molecule has 0 atom stereocenters. The third kappa shape index (κ3) is 4.33. The van der Waals surface area contributed by atoms with Gasteiger partial charge in [0.05, 0.1) is 42.5 Å². The van der Waals surface area contributed by atoms with Crippen molar-refractivity contribution in [3.8, 4) is 5.69 Å². The molecule has 0 spiro atoms. The van der Waals surface area contributed by atoms with Crippen molar-refractivity contribution in [1.29, 1.82) is 0 Å². The quantitative estimate of drug-likeness (QED) is 0.554. The molecule has 10 heteroatoms. The second-order valence-electron chi connectivity index (χ2n) is 7.27. The monoisotopic (exact) mass is 443 g/mol. The lowest BCUT2D eigenvalue weighted by molar-refractivity contribution is 0.0600. The molecule has 2 aromatic heterocycles. The van der Waals surface area contributed by atoms with Crippen LogP contribution in [0.5, 0.6) is 0 Å². The number of aryl methyl sites for hydroxylation is 1. The summed E-state index contributed by atoms with van der Waals surface area (Å²) in [6.07, 6.45) is 1.56. The molecular formula is C21H22ClN5O4. The Hall–Kier alpha value is -3.17. The highest BCUT2D eigenvalue weighted by atomic mass is 35.5. The van der Waals surface area contributed by atoms with Crippen molar-refractivity contribution < 1.29 is 14.1 Å². The Balaban J connectivity index is 1.53. The maximum atomic E-state index is 13.0. The van der Waals surface area contributed by atoms with Gasteiger partial charge in [-0.3, -0.25) is 9.69 Å². The number of nitrogens with zero attached hydrogens (tertiary/aromatic N) is 5. The molecule has 0 unspecified atom stereocenters. The topological polar surface area (TPSA) is 93.7 Å². The van der Waals surface area contributed by atoms with Crippen LogP contribution in [0.3, 0.4) is 0 Å². The van der Waals surface area contributed by atoms with Gasteiger partial charge < -0.3 is 14.2 Å². The number of hydrogen-bond donors (Lipinski definition) is 0.